The Balaban J connectivity index is 3.07. The largest absolute Gasteiger partial charge is 0.245 e. The Morgan fingerprint density at radius 1 is 1.58 bits per heavy atom. The van der Waals surface area contributed by atoms with Crippen LogP contribution in [0.1, 0.15) is 0 Å². The van der Waals surface area contributed by atoms with Crippen LogP contribution in [0.25, 0.3) is 0 Å². The first-order valence-corrected chi connectivity index (χ1v) is 4.92. The Morgan fingerprint density at radius 2 is 2.33 bits per heavy atom. The molecule has 0 atom stereocenters. The third kappa shape index (κ3) is 1.88. The zero-order chi connectivity index (χ0) is 9.03. The summed E-state index contributed by atoms with van der Waals surface area (Å²) in [7, 11) is -3.28. The average Bonchev–Trinajstić information content (AvgIpc) is 2.06. The smallest absolute Gasteiger partial charge is 0.199 e. The van der Waals surface area contributed by atoms with Crippen molar-refractivity contribution in [3.8, 4) is 0 Å². The molecule has 1 rings (SSSR count). The highest BCUT2D eigenvalue weighted by molar-refractivity contribution is 7.91. The summed E-state index contributed by atoms with van der Waals surface area (Å²) in [5.41, 5.74) is 0. The SMILES string of the molecule is C=CCS(=O)(=O)c1ccncn1. The number of nitrogens with zero attached hydrogens (tertiary/aromatic N) is 2. The van der Waals surface area contributed by atoms with Crippen LogP contribution in [0.15, 0.2) is 36.3 Å². The molecule has 0 aliphatic heterocycles. The van der Waals surface area contributed by atoms with Gasteiger partial charge < -0.3 is 0 Å². The minimum Gasteiger partial charge on any atom is -0.245 e. The second-order valence-corrected chi connectivity index (χ2v) is 4.10. The van der Waals surface area contributed by atoms with Gasteiger partial charge in [-0.1, -0.05) is 6.08 Å². The van der Waals surface area contributed by atoms with Crippen LogP contribution in [-0.4, -0.2) is 24.1 Å². The topological polar surface area (TPSA) is 59.9 Å². The van der Waals surface area contributed by atoms with Gasteiger partial charge in [0.2, 0.25) is 0 Å². The number of hydrogen-bond donors (Lipinski definition) is 0. The molecule has 12 heavy (non-hydrogen) atoms. The van der Waals surface area contributed by atoms with Gasteiger partial charge in [0.15, 0.2) is 14.9 Å². The summed E-state index contributed by atoms with van der Waals surface area (Å²) in [5, 5.41) is 0.0393. The van der Waals surface area contributed by atoms with Crippen LogP contribution in [0.5, 0.6) is 0 Å². The third-order valence-electron chi connectivity index (χ3n) is 1.21. The van der Waals surface area contributed by atoms with Crippen LogP contribution in [0.4, 0.5) is 0 Å². The molecule has 0 aromatic carbocycles. The number of aromatic nitrogens is 2. The number of rotatable bonds is 3. The highest BCUT2D eigenvalue weighted by Gasteiger charge is 2.12. The molecule has 0 N–H and O–H groups in total. The average molecular weight is 184 g/mol. The molecule has 0 bridgehead atoms. The quantitative estimate of drug-likeness (QED) is 0.505. The summed E-state index contributed by atoms with van der Waals surface area (Å²) in [6.07, 6.45) is 3.93. The van der Waals surface area contributed by atoms with Crippen molar-refractivity contribution in [1.29, 1.82) is 0 Å². The first-order valence-electron chi connectivity index (χ1n) is 3.26. The van der Waals surface area contributed by atoms with Crippen molar-refractivity contribution in [1.82, 2.24) is 9.97 Å². The normalized spacial score (nSPS) is 11.0. The van der Waals surface area contributed by atoms with E-state index in [0.717, 1.165) is 0 Å². The second-order valence-electron chi connectivity index (χ2n) is 2.12. The van der Waals surface area contributed by atoms with Crippen molar-refractivity contribution < 1.29 is 8.42 Å². The molecule has 5 heteroatoms. The molecule has 0 saturated heterocycles. The molecule has 1 heterocycles. The standard InChI is InChI=1S/C7H8N2O2S/c1-2-5-12(10,11)7-3-4-8-6-9-7/h2-4,6H,1,5H2. The van der Waals surface area contributed by atoms with Crippen LogP contribution in [-0.2, 0) is 9.84 Å². The van der Waals surface area contributed by atoms with Crippen LogP contribution >= 0.6 is 0 Å². The van der Waals surface area contributed by atoms with Crippen molar-refractivity contribution >= 4 is 9.84 Å². The maximum Gasteiger partial charge on any atom is 0.199 e. The third-order valence-corrected chi connectivity index (χ3v) is 2.76. The van der Waals surface area contributed by atoms with Crippen LogP contribution in [0, 0.1) is 0 Å². The lowest BCUT2D eigenvalue weighted by molar-refractivity contribution is 0.595. The molecule has 0 aliphatic carbocycles. The predicted octanol–water partition coefficient (Wildman–Crippen LogP) is 0.436. The van der Waals surface area contributed by atoms with Gasteiger partial charge in [0.1, 0.15) is 6.33 Å². The predicted molar refractivity (Wildman–Crippen MR) is 44.3 cm³/mol. The van der Waals surface area contributed by atoms with E-state index in [0.29, 0.717) is 0 Å². The van der Waals surface area contributed by atoms with E-state index in [9.17, 15) is 8.42 Å². The fraction of sp³-hybridized carbons (Fsp3) is 0.143. The van der Waals surface area contributed by atoms with Gasteiger partial charge in [-0.05, 0) is 6.07 Å². The van der Waals surface area contributed by atoms with Gasteiger partial charge in [0.25, 0.3) is 0 Å². The van der Waals surface area contributed by atoms with E-state index in [2.05, 4.69) is 16.5 Å². The van der Waals surface area contributed by atoms with E-state index in [-0.39, 0.29) is 10.8 Å². The van der Waals surface area contributed by atoms with E-state index in [4.69, 9.17) is 0 Å². The van der Waals surface area contributed by atoms with Crippen LogP contribution in [0.2, 0.25) is 0 Å². The lowest BCUT2D eigenvalue weighted by Gasteiger charge is -1.97. The molecule has 0 spiro atoms. The summed E-state index contributed by atoms with van der Waals surface area (Å²) < 4.78 is 22.5. The molecule has 0 saturated carbocycles. The van der Waals surface area contributed by atoms with Crippen molar-refractivity contribution in [2.45, 2.75) is 5.03 Å². The first-order chi connectivity index (χ1) is 5.67. The Hall–Kier alpha value is -1.23. The number of sulfone groups is 1. The Kier molecular flexibility index (Phi) is 2.54. The molecular formula is C7H8N2O2S. The van der Waals surface area contributed by atoms with Gasteiger partial charge >= 0.3 is 0 Å². The molecule has 0 radical (unpaired) electrons. The summed E-state index contributed by atoms with van der Waals surface area (Å²) in [4.78, 5) is 7.24. The molecule has 1 aromatic rings. The first kappa shape index (κ1) is 8.86. The maximum atomic E-state index is 11.3. The molecule has 0 unspecified atom stereocenters. The minimum absolute atomic E-state index is 0.0393. The van der Waals surface area contributed by atoms with Gasteiger partial charge in [-0.15, -0.1) is 6.58 Å². The zero-order valence-electron chi connectivity index (χ0n) is 6.34. The van der Waals surface area contributed by atoms with Gasteiger partial charge in [-0.2, -0.15) is 0 Å². The van der Waals surface area contributed by atoms with Crippen molar-refractivity contribution in [2.24, 2.45) is 0 Å². The maximum absolute atomic E-state index is 11.3. The summed E-state index contributed by atoms with van der Waals surface area (Å²) >= 11 is 0. The fourth-order valence-corrected chi connectivity index (χ4v) is 1.66. The van der Waals surface area contributed by atoms with Gasteiger partial charge in [-0.25, -0.2) is 18.4 Å². The van der Waals surface area contributed by atoms with E-state index in [1.54, 1.807) is 0 Å². The van der Waals surface area contributed by atoms with E-state index >= 15 is 0 Å². The molecule has 0 amide bonds. The van der Waals surface area contributed by atoms with E-state index in [1.807, 2.05) is 0 Å². The van der Waals surface area contributed by atoms with Gasteiger partial charge in [0, 0.05) is 6.20 Å². The molecule has 4 nitrogen and oxygen atoms in total. The van der Waals surface area contributed by atoms with Gasteiger partial charge in [0.05, 0.1) is 5.75 Å². The van der Waals surface area contributed by atoms with Crippen molar-refractivity contribution in [3.63, 3.8) is 0 Å². The fourth-order valence-electron chi connectivity index (χ4n) is 0.703. The Bertz CT molecular complexity index is 358. The van der Waals surface area contributed by atoms with Crippen LogP contribution < -0.4 is 0 Å². The lowest BCUT2D eigenvalue weighted by Crippen LogP contribution is -2.06. The van der Waals surface area contributed by atoms with Crippen molar-refractivity contribution in [3.05, 3.63) is 31.2 Å². The summed E-state index contributed by atoms with van der Waals surface area (Å²) in [6, 6.07) is 1.36. The molecule has 0 fully saturated rings. The summed E-state index contributed by atoms with van der Waals surface area (Å²) in [6.45, 7) is 3.35. The molecule has 1 aromatic heterocycles. The highest BCUT2D eigenvalue weighted by Crippen LogP contribution is 2.04. The molecule has 64 valence electrons. The monoisotopic (exact) mass is 184 g/mol. The Morgan fingerprint density at radius 3 is 2.83 bits per heavy atom. The second kappa shape index (κ2) is 3.44. The molecule has 0 aliphatic rings. The zero-order valence-corrected chi connectivity index (χ0v) is 7.16. The minimum atomic E-state index is -3.28. The number of hydrogen-bond acceptors (Lipinski definition) is 4. The molecular weight excluding hydrogens is 176 g/mol. The Labute approximate surface area is 70.9 Å². The van der Waals surface area contributed by atoms with E-state index < -0.39 is 9.84 Å². The summed E-state index contributed by atoms with van der Waals surface area (Å²) in [5.74, 6) is -0.0932. The van der Waals surface area contributed by atoms with Crippen molar-refractivity contribution in [2.75, 3.05) is 5.75 Å². The van der Waals surface area contributed by atoms with Gasteiger partial charge in [-0.3, -0.25) is 0 Å². The lowest BCUT2D eigenvalue weighted by atomic mass is 10.7. The van der Waals surface area contributed by atoms with Crippen LogP contribution in [0.3, 0.4) is 0 Å². The highest BCUT2D eigenvalue weighted by atomic mass is 32.2. The van der Waals surface area contributed by atoms with E-state index in [1.165, 1.54) is 24.7 Å².